The van der Waals surface area contributed by atoms with Crippen LogP contribution in [0.15, 0.2) is 24.3 Å². The van der Waals surface area contributed by atoms with Gasteiger partial charge < -0.3 is 24.8 Å². The van der Waals surface area contributed by atoms with Crippen molar-refractivity contribution in [2.24, 2.45) is 0 Å². The third kappa shape index (κ3) is 3.47. The van der Waals surface area contributed by atoms with Gasteiger partial charge in [0, 0.05) is 12.8 Å². The molecule has 2 aliphatic rings. The number of hydrogen-bond donors (Lipinski definition) is 2. The van der Waals surface area contributed by atoms with E-state index in [0.717, 1.165) is 12.1 Å². The number of carbonyl (C=O) groups is 1. The molecule has 2 fully saturated rings. The second-order valence-corrected chi connectivity index (χ2v) is 5.65. The first-order valence-electron chi connectivity index (χ1n) is 7.39. The molecule has 3 rings (SSSR count). The Bertz CT molecular complexity index is 611. The van der Waals surface area contributed by atoms with Gasteiger partial charge in [-0.25, -0.2) is 4.79 Å². The van der Waals surface area contributed by atoms with Crippen LogP contribution in [-0.4, -0.2) is 50.7 Å². The fourth-order valence-electron chi connectivity index (χ4n) is 2.90. The van der Waals surface area contributed by atoms with Crippen molar-refractivity contribution in [1.82, 2.24) is 5.32 Å². The molecule has 2 N–H and O–H groups in total. The number of alkyl halides is 3. The minimum absolute atomic E-state index is 0.0555. The Morgan fingerprint density at radius 2 is 2.00 bits per heavy atom. The Morgan fingerprint density at radius 3 is 2.71 bits per heavy atom. The van der Waals surface area contributed by atoms with Crippen LogP contribution in [0.4, 0.5) is 23.7 Å². The SMILES string of the molecule is COC1COC2C(NC(=O)Nc3cccc(C(F)(F)F)c3)COC12. The highest BCUT2D eigenvalue weighted by atomic mass is 19.4. The highest BCUT2D eigenvalue weighted by Crippen LogP contribution is 2.31. The molecule has 1 aromatic carbocycles. The van der Waals surface area contributed by atoms with Crippen LogP contribution in [0.25, 0.3) is 0 Å². The average molecular weight is 346 g/mol. The molecule has 6 nitrogen and oxygen atoms in total. The van der Waals surface area contributed by atoms with Crippen LogP contribution in [0, 0.1) is 0 Å². The van der Waals surface area contributed by atoms with Gasteiger partial charge in [0.25, 0.3) is 0 Å². The van der Waals surface area contributed by atoms with E-state index in [1.54, 1.807) is 7.11 Å². The number of rotatable bonds is 3. The van der Waals surface area contributed by atoms with Crippen molar-refractivity contribution in [3.05, 3.63) is 29.8 Å². The Balaban J connectivity index is 1.59. The number of anilines is 1. The fraction of sp³-hybridized carbons (Fsp3) is 0.533. The van der Waals surface area contributed by atoms with Crippen LogP contribution in [0.2, 0.25) is 0 Å². The van der Waals surface area contributed by atoms with E-state index in [2.05, 4.69) is 10.6 Å². The lowest BCUT2D eigenvalue weighted by Gasteiger charge is -2.18. The number of fused-ring (bicyclic) bond motifs is 1. The summed E-state index contributed by atoms with van der Waals surface area (Å²) in [6.45, 7) is 0.629. The molecule has 2 amide bonds. The minimum Gasteiger partial charge on any atom is -0.376 e. The van der Waals surface area contributed by atoms with Crippen molar-refractivity contribution in [3.63, 3.8) is 0 Å². The van der Waals surface area contributed by atoms with Crippen molar-refractivity contribution in [1.29, 1.82) is 0 Å². The third-order valence-corrected chi connectivity index (χ3v) is 4.07. The molecule has 0 saturated carbocycles. The number of hydrogen-bond acceptors (Lipinski definition) is 4. The highest BCUT2D eigenvalue weighted by Gasteiger charge is 2.48. The van der Waals surface area contributed by atoms with E-state index in [1.165, 1.54) is 12.1 Å². The van der Waals surface area contributed by atoms with Crippen LogP contribution in [0.3, 0.4) is 0 Å². The van der Waals surface area contributed by atoms with Crippen molar-refractivity contribution in [2.75, 3.05) is 25.6 Å². The summed E-state index contributed by atoms with van der Waals surface area (Å²) in [5.41, 5.74) is -0.772. The van der Waals surface area contributed by atoms with Crippen molar-refractivity contribution < 1.29 is 32.2 Å². The van der Waals surface area contributed by atoms with Crippen molar-refractivity contribution in [2.45, 2.75) is 30.5 Å². The summed E-state index contributed by atoms with van der Waals surface area (Å²) in [5.74, 6) is 0. The maximum atomic E-state index is 12.7. The Kier molecular flexibility index (Phi) is 4.66. The molecule has 1 aromatic rings. The number of ether oxygens (including phenoxy) is 3. The number of amides is 2. The smallest absolute Gasteiger partial charge is 0.376 e. The van der Waals surface area contributed by atoms with Gasteiger partial charge in [-0.05, 0) is 18.2 Å². The van der Waals surface area contributed by atoms with E-state index in [0.29, 0.717) is 6.61 Å². The van der Waals surface area contributed by atoms with E-state index in [9.17, 15) is 18.0 Å². The number of halogens is 3. The lowest BCUT2D eigenvalue weighted by Crippen LogP contribution is -2.46. The molecule has 0 aromatic heterocycles. The molecule has 2 saturated heterocycles. The predicted octanol–water partition coefficient (Wildman–Crippen LogP) is 2.01. The first kappa shape index (κ1) is 17.0. The van der Waals surface area contributed by atoms with Gasteiger partial charge in [0.2, 0.25) is 0 Å². The first-order chi connectivity index (χ1) is 11.4. The van der Waals surface area contributed by atoms with Gasteiger partial charge in [0.1, 0.15) is 18.3 Å². The summed E-state index contributed by atoms with van der Waals surface area (Å²) >= 11 is 0. The molecule has 9 heteroatoms. The van der Waals surface area contributed by atoms with Crippen molar-refractivity contribution >= 4 is 11.7 Å². The standard InChI is InChI=1S/C15H17F3N2O4/c1-22-11-7-24-12-10(6-23-13(11)12)20-14(21)19-9-4-2-3-8(5-9)15(16,17)18/h2-5,10-13H,6-7H2,1H3,(H2,19,20,21). The minimum atomic E-state index is -4.46. The van der Waals surface area contributed by atoms with Crippen LogP contribution in [-0.2, 0) is 20.4 Å². The molecule has 2 aliphatic heterocycles. The summed E-state index contributed by atoms with van der Waals surface area (Å²) in [5, 5.41) is 5.06. The Morgan fingerprint density at radius 1 is 1.25 bits per heavy atom. The van der Waals surface area contributed by atoms with E-state index < -0.39 is 17.8 Å². The maximum Gasteiger partial charge on any atom is 0.416 e. The van der Waals surface area contributed by atoms with Gasteiger partial charge in [0.05, 0.1) is 24.8 Å². The number of carbonyl (C=O) groups excluding carboxylic acids is 1. The van der Waals surface area contributed by atoms with Crippen LogP contribution >= 0.6 is 0 Å². The molecule has 4 atom stereocenters. The molecule has 132 valence electrons. The van der Waals surface area contributed by atoms with Crippen molar-refractivity contribution in [3.8, 4) is 0 Å². The third-order valence-electron chi connectivity index (χ3n) is 4.07. The molecular weight excluding hydrogens is 329 g/mol. The summed E-state index contributed by atoms with van der Waals surface area (Å²) in [7, 11) is 1.56. The molecule has 0 bridgehead atoms. The zero-order chi connectivity index (χ0) is 17.3. The summed E-state index contributed by atoms with van der Waals surface area (Å²) in [6, 6.07) is 3.43. The second kappa shape index (κ2) is 6.58. The van der Waals surface area contributed by atoms with Crippen LogP contribution in [0.1, 0.15) is 5.56 Å². The summed E-state index contributed by atoms with van der Waals surface area (Å²) in [6.07, 6.45) is -5.24. The number of urea groups is 1. The van der Waals surface area contributed by atoms with Gasteiger partial charge in [-0.2, -0.15) is 13.2 Å². The summed E-state index contributed by atoms with van der Waals surface area (Å²) < 4.78 is 54.4. The van der Waals surface area contributed by atoms with E-state index in [1.807, 2.05) is 0 Å². The van der Waals surface area contributed by atoms with Gasteiger partial charge in [-0.1, -0.05) is 6.07 Å². The quantitative estimate of drug-likeness (QED) is 0.879. The topological polar surface area (TPSA) is 68.8 Å². The van der Waals surface area contributed by atoms with Gasteiger partial charge in [-0.3, -0.25) is 0 Å². The normalized spacial score (nSPS) is 29.3. The van der Waals surface area contributed by atoms with Gasteiger partial charge >= 0.3 is 12.2 Å². The number of benzene rings is 1. The molecule has 0 aliphatic carbocycles. The Hall–Kier alpha value is -1.84. The second-order valence-electron chi connectivity index (χ2n) is 5.65. The molecule has 0 radical (unpaired) electrons. The molecule has 24 heavy (non-hydrogen) atoms. The average Bonchev–Trinajstić information content (AvgIpc) is 3.09. The molecule has 4 unspecified atom stereocenters. The molecular formula is C15H17F3N2O4. The monoisotopic (exact) mass is 346 g/mol. The molecule has 2 heterocycles. The Labute approximate surface area is 136 Å². The first-order valence-corrected chi connectivity index (χ1v) is 7.39. The number of methoxy groups -OCH3 is 1. The van der Waals surface area contributed by atoms with E-state index in [-0.39, 0.29) is 36.6 Å². The fourth-order valence-corrected chi connectivity index (χ4v) is 2.90. The van der Waals surface area contributed by atoms with E-state index >= 15 is 0 Å². The van der Waals surface area contributed by atoms with Gasteiger partial charge in [0.15, 0.2) is 0 Å². The van der Waals surface area contributed by atoms with E-state index in [4.69, 9.17) is 14.2 Å². The zero-order valence-corrected chi connectivity index (χ0v) is 12.8. The van der Waals surface area contributed by atoms with Gasteiger partial charge in [-0.15, -0.1) is 0 Å². The van der Waals surface area contributed by atoms with Crippen LogP contribution < -0.4 is 10.6 Å². The molecule has 0 spiro atoms. The zero-order valence-electron chi connectivity index (χ0n) is 12.8. The lowest BCUT2D eigenvalue weighted by atomic mass is 10.1. The maximum absolute atomic E-state index is 12.7. The number of nitrogens with one attached hydrogen (secondary N) is 2. The highest BCUT2D eigenvalue weighted by molar-refractivity contribution is 5.89. The predicted molar refractivity (Wildman–Crippen MR) is 77.7 cm³/mol. The summed E-state index contributed by atoms with van der Waals surface area (Å²) in [4.78, 5) is 12.0. The largest absolute Gasteiger partial charge is 0.416 e. The lowest BCUT2D eigenvalue weighted by molar-refractivity contribution is -0.137. The van der Waals surface area contributed by atoms with Crippen LogP contribution in [0.5, 0.6) is 0 Å².